The van der Waals surface area contributed by atoms with Crippen molar-refractivity contribution >= 4 is 54.9 Å². The quantitative estimate of drug-likeness (QED) is 0.500. The van der Waals surface area contributed by atoms with E-state index in [1.165, 1.54) is 23.1 Å². The third-order valence-electron chi connectivity index (χ3n) is 5.04. The summed E-state index contributed by atoms with van der Waals surface area (Å²) >= 11 is 7.04. The van der Waals surface area contributed by atoms with Crippen LogP contribution in [0, 0.1) is 0 Å². The van der Waals surface area contributed by atoms with E-state index < -0.39 is 27.9 Å². The van der Waals surface area contributed by atoms with Gasteiger partial charge in [0, 0.05) is 33.9 Å². The molecule has 1 saturated heterocycles. The number of sulfonamides is 1. The third kappa shape index (κ3) is 4.38. The van der Waals surface area contributed by atoms with Crippen LogP contribution in [0.25, 0.3) is 10.1 Å². The number of hydrogen-bond acceptors (Lipinski definition) is 6. The van der Waals surface area contributed by atoms with Gasteiger partial charge in [-0.3, -0.25) is 9.59 Å². The summed E-state index contributed by atoms with van der Waals surface area (Å²) < 4.78 is 29.0. The van der Waals surface area contributed by atoms with Gasteiger partial charge in [-0.2, -0.15) is 4.72 Å². The number of carbonyl (C=O) groups is 2. The number of primary amides is 1. The highest BCUT2D eigenvalue weighted by molar-refractivity contribution is 7.91. The predicted octanol–water partition coefficient (Wildman–Crippen LogP) is 2.44. The molecule has 1 aromatic heterocycles. The number of hydrogen-bond donors (Lipinski definition) is 3. The Labute approximate surface area is 187 Å². The van der Waals surface area contributed by atoms with Crippen molar-refractivity contribution in [1.29, 1.82) is 0 Å². The molecule has 4 N–H and O–H groups in total. The average Bonchev–Trinajstić information content (AvgIpc) is 3.28. The number of rotatable bonds is 6. The number of carbonyl (C=O) groups excluding carboxylic acids is 2. The van der Waals surface area contributed by atoms with E-state index in [4.69, 9.17) is 17.3 Å². The van der Waals surface area contributed by atoms with E-state index in [2.05, 4.69) is 4.72 Å². The number of nitrogens with two attached hydrogens (primary N) is 1. The zero-order chi connectivity index (χ0) is 22.3. The van der Waals surface area contributed by atoms with Crippen LogP contribution >= 0.6 is 22.9 Å². The number of benzene rings is 2. The first kappa shape index (κ1) is 21.6. The van der Waals surface area contributed by atoms with E-state index in [1.54, 1.807) is 24.3 Å². The molecule has 1 fully saturated rings. The molecule has 2 heterocycles. The summed E-state index contributed by atoms with van der Waals surface area (Å²) in [5, 5.41) is 11.3. The maximum absolute atomic E-state index is 12.8. The first-order chi connectivity index (χ1) is 14.6. The minimum Gasteiger partial charge on any atom is -0.508 e. The van der Waals surface area contributed by atoms with Crippen molar-refractivity contribution < 1.29 is 23.1 Å². The van der Waals surface area contributed by atoms with Gasteiger partial charge in [0.15, 0.2) is 0 Å². The lowest BCUT2D eigenvalue weighted by atomic mass is 10.1. The zero-order valence-electron chi connectivity index (χ0n) is 16.0. The van der Waals surface area contributed by atoms with Gasteiger partial charge in [0.05, 0.1) is 0 Å². The number of aromatic hydroxyl groups is 1. The Bertz CT molecular complexity index is 1310. The Kier molecular flexibility index (Phi) is 5.65. The number of phenols is 1. The Balaban J connectivity index is 1.50. The van der Waals surface area contributed by atoms with Crippen molar-refractivity contribution in [2.24, 2.45) is 5.73 Å². The van der Waals surface area contributed by atoms with Gasteiger partial charge in [0.2, 0.25) is 11.8 Å². The van der Waals surface area contributed by atoms with Crippen molar-refractivity contribution in [2.45, 2.75) is 23.2 Å². The van der Waals surface area contributed by atoms with Crippen LogP contribution in [0.2, 0.25) is 5.02 Å². The Morgan fingerprint density at radius 3 is 2.77 bits per heavy atom. The van der Waals surface area contributed by atoms with Gasteiger partial charge in [-0.1, -0.05) is 17.7 Å². The van der Waals surface area contributed by atoms with Crippen molar-refractivity contribution in [2.75, 3.05) is 6.54 Å². The maximum atomic E-state index is 12.8. The number of amides is 2. The highest BCUT2D eigenvalue weighted by Gasteiger charge is 2.35. The van der Waals surface area contributed by atoms with Gasteiger partial charge >= 0.3 is 0 Å². The number of phenolic OH excluding ortho intramolecular Hbond substituents is 1. The second kappa shape index (κ2) is 8.12. The normalized spacial score (nSPS) is 16.9. The number of nitrogens with zero attached hydrogens (tertiary/aromatic N) is 1. The van der Waals surface area contributed by atoms with Crippen molar-refractivity contribution in [3.8, 4) is 5.75 Å². The Morgan fingerprint density at radius 2 is 2.03 bits per heavy atom. The third-order valence-corrected chi connectivity index (χ3v) is 8.32. The molecule has 0 radical (unpaired) electrons. The zero-order valence-corrected chi connectivity index (χ0v) is 18.4. The molecule has 8 nitrogen and oxygen atoms in total. The molecule has 1 aliphatic rings. The Hall–Kier alpha value is -2.66. The largest absolute Gasteiger partial charge is 0.508 e. The maximum Gasteiger partial charge on any atom is 0.250 e. The van der Waals surface area contributed by atoms with Gasteiger partial charge in [0.1, 0.15) is 16.0 Å². The first-order valence-corrected chi connectivity index (χ1v) is 11.9. The molecule has 11 heteroatoms. The topological polar surface area (TPSA) is 130 Å². The summed E-state index contributed by atoms with van der Waals surface area (Å²) in [5.74, 6) is -1.13. The molecule has 1 aliphatic heterocycles. The number of likely N-dealkylation sites (tertiary alicyclic amines) is 1. The predicted molar refractivity (Wildman–Crippen MR) is 118 cm³/mol. The molecule has 4 rings (SSSR count). The molecular weight excluding hydrogens is 462 g/mol. The number of halogens is 1. The highest BCUT2D eigenvalue weighted by Crippen LogP contribution is 2.31. The molecule has 0 saturated carbocycles. The highest BCUT2D eigenvalue weighted by atomic mass is 35.5. The van der Waals surface area contributed by atoms with Crippen LogP contribution in [0.1, 0.15) is 22.3 Å². The molecule has 0 bridgehead atoms. The minimum absolute atomic E-state index is 0.0331. The fourth-order valence-electron chi connectivity index (χ4n) is 3.43. The molecular formula is C20H18ClN3O5S2. The SMILES string of the molecule is NC(=O)c1ccc(O)c(CN2CCC(NS(=O)(=O)c3cc4ccc(Cl)cc4s3)C2=O)c1. The van der Waals surface area contributed by atoms with Gasteiger partial charge in [-0.25, -0.2) is 8.42 Å². The van der Waals surface area contributed by atoms with Crippen LogP contribution in [0.15, 0.2) is 46.7 Å². The van der Waals surface area contributed by atoms with Gasteiger partial charge < -0.3 is 15.7 Å². The smallest absolute Gasteiger partial charge is 0.250 e. The first-order valence-electron chi connectivity index (χ1n) is 9.26. The van der Waals surface area contributed by atoms with Crippen LogP contribution in [0.4, 0.5) is 0 Å². The second-order valence-corrected chi connectivity index (χ2v) is 10.6. The van der Waals surface area contributed by atoms with E-state index in [0.29, 0.717) is 17.1 Å². The molecule has 2 amide bonds. The average molecular weight is 480 g/mol. The molecule has 1 atom stereocenters. The van der Waals surface area contributed by atoms with Crippen LogP contribution in [0.5, 0.6) is 5.75 Å². The summed E-state index contributed by atoms with van der Waals surface area (Å²) in [4.78, 5) is 25.6. The lowest BCUT2D eigenvalue weighted by Crippen LogP contribution is -2.41. The molecule has 162 valence electrons. The lowest BCUT2D eigenvalue weighted by molar-refractivity contribution is -0.129. The molecule has 1 unspecified atom stereocenters. The van der Waals surface area contributed by atoms with Crippen molar-refractivity contribution in [3.05, 3.63) is 58.6 Å². The summed E-state index contributed by atoms with van der Waals surface area (Å²) in [6.45, 7) is 0.333. The van der Waals surface area contributed by atoms with Gasteiger partial charge in [0.25, 0.3) is 10.0 Å². The lowest BCUT2D eigenvalue weighted by Gasteiger charge is -2.18. The second-order valence-electron chi connectivity index (χ2n) is 7.18. The summed E-state index contributed by atoms with van der Waals surface area (Å²) in [7, 11) is -3.91. The number of fused-ring (bicyclic) bond motifs is 1. The van der Waals surface area contributed by atoms with Gasteiger partial charge in [-0.05, 0) is 48.2 Å². The van der Waals surface area contributed by atoms with Gasteiger partial charge in [-0.15, -0.1) is 11.3 Å². The summed E-state index contributed by atoms with van der Waals surface area (Å²) in [6.07, 6.45) is 0.283. The van der Waals surface area contributed by atoms with Crippen LogP contribution in [0.3, 0.4) is 0 Å². The van der Waals surface area contributed by atoms with E-state index in [1.807, 2.05) is 0 Å². The number of nitrogens with one attached hydrogen (secondary N) is 1. The summed E-state index contributed by atoms with van der Waals surface area (Å²) in [5.41, 5.74) is 5.83. The fourth-order valence-corrected chi connectivity index (χ4v) is 6.35. The molecule has 3 aromatic rings. The molecule has 2 aromatic carbocycles. The van der Waals surface area contributed by atoms with E-state index >= 15 is 0 Å². The monoisotopic (exact) mass is 479 g/mol. The molecule has 0 aliphatic carbocycles. The van der Waals surface area contributed by atoms with Crippen molar-refractivity contribution in [1.82, 2.24) is 9.62 Å². The van der Waals surface area contributed by atoms with E-state index in [-0.39, 0.29) is 28.5 Å². The molecule has 31 heavy (non-hydrogen) atoms. The van der Waals surface area contributed by atoms with Crippen LogP contribution < -0.4 is 10.5 Å². The minimum atomic E-state index is -3.91. The summed E-state index contributed by atoms with van der Waals surface area (Å²) in [6, 6.07) is 9.89. The Morgan fingerprint density at radius 1 is 1.26 bits per heavy atom. The standard InChI is InChI=1S/C20H18ClN3O5S2/c21-14-3-1-11-8-18(30-17(11)9-14)31(28,29)23-15-5-6-24(20(15)27)10-13-7-12(19(22)26)2-4-16(13)25/h1-4,7-9,15,23,25H,5-6,10H2,(H2,22,26). The van der Waals surface area contributed by atoms with Crippen LogP contribution in [-0.2, 0) is 21.4 Å². The van der Waals surface area contributed by atoms with Crippen LogP contribution in [-0.4, -0.2) is 42.8 Å². The number of thiophene rings is 1. The fraction of sp³-hybridized carbons (Fsp3) is 0.200. The van der Waals surface area contributed by atoms with Crippen molar-refractivity contribution in [3.63, 3.8) is 0 Å². The van der Waals surface area contributed by atoms with E-state index in [0.717, 1.165) is 21.4 Å². The van der Waals surface area contributed by atoms with E-state index in [9.17, 15) is 23.1 Å². The molecule has 0 spiro atoms.